The fourth-order valence-corrected chi connectivity index (χ4v) is 5.32. The first-order valence-electron chi connectivity index (χ1n) is 11.9. The molecule has 1 aliphatic rings. The third kappa shape index (κ3) is 6.81. The fraction of sp³-hybridized carbons (Fsp3) is 0.280. The first-order valence-corrected chi connectivity index (χ1v) is 13.4. The molecule has 38 heavy (non-hydrogen) atoms. The Morgan fingerprint density at radius 3 is 2.53 bits per heavy atom. The second kappa shape index (κ2) is 12.0. The van der Waals surface area contributed by atoms with Crippen molar-refractivity contribution >= 4 is 33.5 Å². The quantitative estimate of drug-likeness (QED) is 0.301. The highest BCUT2D eigenvalue weighted by molar-refractivity contribution is 7.89. The molecule has 2 aromatic carbocycles. The first-order chi connectivity index (χ1) is 18.2. The molecule has 0 bridgehead atoms. The highest BCUT2D eigenvalue weighted by atomic mass is 32.2. The van der Waals surface area contributed by atoms with Gasteiger partial charge < -0.3 is 20.6 Å². The molecule has 1 fully saturated rings. The number of amides is 1. The van der Waals surface area contributed by atoms with Crippen molar-refractivity contribution in [3.8, 4) is 0 Å². The van der Waals surface area contributed by atoms with Crippen molar-refractivity contribution in [3.63, 3.8) is 0 Å². The molecule has 200 valence electrons. The molecular weight excluding hydrogens is 515 g/mol. The van der Waals surface area contributed by atoms with Crippen LogP contribution in [-0.4, -0.2) is 67.1 Å². The molecule has 0 radical (unpaired) electrons. The van der Waals surface area contributed by atoms with Crippen LogP contribution < -0.4 is 20.3 Å². The number of hydrogen-bond donors (Lipinski definition) is 4. The van der Waals surface area contributed by atoms with Gasteiger partial charge in [-0.1, -0.05) is 18.2 Å². The van der Waals surface area contributed by atoms with Gasteiger partial charge in [0.1, 0.15) is 11.9 Å². The summed E-state index contributed by atoms with van der Waals surface area (Å²) in [5.41, 5.74) is 0.312. The molecule has 11 nitrogen and oxygen atoms in total. The van der Waals surface area contributed by atoms with Gasteiger partial charge in [-0.15, -0.1) is 0 Å². The number of hydrogen-bond acceptors (Lipinski definition) is 8. The Bertz CT molecular complexity index is 1380. The highest BCUT2D eigenvalue weighted by Crippen LogP contribution is 2.25. The maximum Gasteiger partial charge on any atom is 0.323 e. The Kier molecular flexibility index (Phi) is 8.48. The van der Waals surface area contributed by atoms with Gasteiger partial charge in [-0.3, -0.25) is 9.59 Å². The largest absolute Gasteiger partial charge is 0.480 e. The molecule has 13 heteroatoms. The van der Waals surface area contributed by atoms with E-state index in [0.717, 1.165) is 18.9 Å². The summed E-state index contributed by atoms with van der Waals surface area (Å²) >= 11 is 0. The van der Waals surface area contributed by atoms with Crippen molar-refractivity contribution in [1.82, 2.24) is 20.0 Å². The molecule has 0 saturated carbocycles. The van der Waals surface area contributed by atoms with E-state index in [4.69, 9.17) is 0 Å². The molecule has 0 aliphatic carbocycles. The number of piperidine rings is 1. The van der Waals surface area contributed by atoms with Gasteiger partial charge in [-0.05, 0) is 49.2 Å². The van der Waals surface area contributed by atoms with E-state index in [1.54, 1.807) is 24.5 Å². The summed E-state index contributed by atoms with van der Waals surface area (Å²) in [6, 6.07) is 11.4. The summed E-state index contributed by atoms with van der Waals surface area (Å²) in [6.45, 7) is 0.616. The topological polar surface area (TPSA) is 154 Å². The summed E-state index contributed by atoms with van der Waals surface area (Å²) in [6.07, 6.45) is 4.96. The SMILES string of the molecule is O=C(NC[C@H](NS(=O)(=O)c1ccccc1)C(=O)O)c1ccc(N2CCC[C@@H](Nc3ncccn3)C2)c(F)c1. The van der Waals surface area contributed by atoms with Crippen LogP contribution in [0.1, 0.15) is 23.2 Å². The van der Waals surface area contributed by atoms with E-state index in [-0.39, 0.29) is 16.5 Å². The standard InChI is InChI=1S/C25H27FN6O5S/c26-20-14-17(9-10-22(20)32-13-4-6-18(16-32)30-25-27-11-5-12-28-25)23(33)29-15-21(24(34)35)31-38(36,37)19-7-2-1-3-8-19/h1-3,5,7-12,14,18,21,31H,4,6,13,15-16H2,(H,29,33)(H,34,35)(H,27,28,30)/t18-,21+/m1/s1. The van der Waals surface area contributed by atoms with Crippen LogP contribution in [0.4, 0.5) is 16.0 Å². The van der Waals surface area contributed by atoms with Crippen molar-refractivity contribution in [3.05, 3.63) is 78.4 Å². The molecular formula is C25H27FN6O5S. The number of halogens is 1. The first kappa shape index (κ1) is 26.9. The molecule has 1 aliphatic heterocycles. The van der Waals surface area contributed by atoms with Crippen LogP contribution in [0, 0.1) is 5.82 Å². The zero-order valence-corrected chi connectivity index (χ0v) is 21.1. The van der Waals surface area contributed by atoms with Crippen LogP contribution in [0.25, 0.3) is 0 Å². The lowest BCUT2D eigenvalue weighted by Crippen LogP contribution is -2.48. The van der Waals surface area contributed by atoms with Crippen LogP contribution in [-0.2, 0) is 14.8 Å². The van der Waals surface area contributed by atoms with Gasteiger partial charge in [-0.25, -0.2) is 22.8 Å². The van der Waals surface area contributed by atoms with Gasteiger partial charge in [0.2, 0.25) is 16.0 Å². The van der Waals surface area contributed by atoms with E-state index in [2.05, 4.69) is 25.3 Å². The second-order valence-corrected chi connectivity index (χ2v) is 10.4. The number of aliphatic carboxylic acids is 1. The number of rotatable bonds is 10. The van der Waals surface area contributed by atoms with Gasteiger partial charge in [0.25, 0.3) is 5.91 Å². The number of nitrogens with zero attached hydrogens (tertiary/aromatic N) is 3. The van der Waals surface area contributed by atoms with E-state index in [1.807, 2.05) is 4.90 Å². The maximum absolute atomic E-state index is 15.0. The minimum Gasteiger partial charge on any atom is -0.480 e. The third-order valence-electron chi connectivity index (χ3n) is 5.99. The van der Waals surface area contributed by atoms with Gasteiger partial charge in [0, 0.05) is 43.6 Å². The number of aromatic nitrogens is 2. The van der Waals surface area contributed by atoms with Gasteiger partial charge >= 0.3 is 5.97 Å². The third-order valence-corrected chi connectivity index (χ3v) is 7.47. The molecule has 0 spiro atoms. The smallest absolute Gasteiger partial charge is 0.323 e. The lowest BCUT2D eigenvalue weighted by atomic mass is 10.0. The van der Waals surface area contributed by atoms with Gasteiger partial charge in [0.05, 0.1) is 10.6 Å². The Morgan fingerprint density at radius 1 is 1.11 bits per heavy atom. The number of sulfonamides is 1. The molecule has 0 unspecified atom stereocenters. The van der Waals surface area contributed by atoms with Crippen molar-refractivity contribution in [2.75, 3.05) is 29.9 Å². The Balaban J connectivity index is 1.37. The van der Waals surface area contributed by atoms with E-state index < -0.39 is 40.3 Å². The number of carbonyl (C=O) groups excluding carboxylic acids is 1. The number of carboxylic acid groups (broad SMARTS) is 1. The van der Waals surface area contributed by atoms with Crippen LogP contribution in [0.5, 0.6) is 0 Å². The van der Waals surface area contributed by atoms with Gasteiger partial charge in [0.15, 0.2) is 0 Å². The zero-order valence-electron chi connectivity index (χ0n) is 20.2. The molecule has 4 rings (SSSR count). The van der Waals surface area contributed by atoms with Crippen LogP contribution in [0.3, 0.4) is 0 Å². The Hall–Kier alpha value is -4.10. The van der Waals surface area contributed by atoms with Crippen LogP contribution in [0.2, 0.25) is 0 Å². The molecule has 1 saturated heterocycles. The minimum absolute atomic E-state index is 0.0149. The molecule has 2 atom stereocenters. The van der Waals surface area contributed by atoms with E-state index in [1.165, 1.54) is 36.4 Å². The molecule has 1 amide bonds. The lowest BCUT2D eigenvalue weighted by molar-refractivity contribution is -0.138. The average molecular weight is 543 g/mol. The Labute approximate surface area is 219 Å². The summed E-state index contributed by atoms with van der Waals surface area (Å²) in [4.78, 5) is 34.3. The van der Waals surface area contributed by atoms with Crippen molar-refractivity contribution in [2.45, 2.75) is 29.8 Å². The minimum atomic E-state index is -4.13. The van der Waals surface area contributed by atoms with Crippen LogP contribution >= 0.6 is 0 Å². The number of nitrogens with one attached hydrogen (secondary N) is 3. The van der Waals surface area contributed by atoms with Crippen molar-refractivity contribution in [1.29, 1.82) is 0 Å². The predicted molar refractivity (Wildman–Crippen MR) is 138 cm³/mol. The number of anilines is 2. The summed E-state index contributed by atoms with van der Waals surface area (Å²) in [5.74, 6) is -2.31. The summed E-state index contributed by atoms with van der Waals surface area (Å²) < 4.78 is 42.0. The molecule has 1 aromatic heterocycles. The predicted octanol–water partition coefficient (Wildman–Crippen LogP) is 1.86. The molecule has 3 aromatic rings. The lowest BCUT2D eigenvalue weighted by Gasteiger charge is -2.35. The van der Waals surface area contributed by atoms with E-state index in [9.17, 15) is 23.1 Å². The monoisotopic (exact) mass is 542 g/mol. The van der Waals surface area contributed by atoms with Crippen molar-refractivity contribution in [2.24, 2.45) is 0 Å². The zero-order chi connectivity index (χ0) is 27.1. The van der Waals surface area contributed by atoms with E-state index in [0.29, 0.717) is 24.7 Å². The second-order valence-electron chi connectivity index (χ2n) is 8.70. The number of benzene rings is 2. The number of carboxylic acids is 1. The summed E-state index contributed by atoms with van der Waals surface area (Å²) in [7, 11) is -4.13. The normalized spacial score (nSPS) is 16.4. The Morgan fingerprint density at radius 2 is 1.84 bits per heavy atom. The average Bonchev–Trinajstić information content (AvgIpc) is 2.92. The van der Waals surface area contributed by atoms with Gasteiger partial charge in [-0.2, -0.15) is 4.72 Å². The maximum atomic E-state index is 15.0. The van der Waals surface area contributed by atoms with Crippen LogP contribution in [0.15, 0.2) is 71.9 Å². The fourth-order valence-electron chi connectivity index (χ4n) is 4.11. The molecule has 2 heterocycles. The summed E-state index contributed by atoms with van der Waals surface area (Å²) in [5, 5.41) is 15.1. The molecule has 4 N–H and O–H groups in total. The number of carbonyl (C=O) groups is 2. The highest BCUT2D eigenvalue weighted by Gasteiger charge is 2.27. The van der Waals surface area contributed by atoms with Crippen molar-refractivity contribution < 1.29 is 27.5 Å². The van der Waals surface area contributed by atoms with E-state index >= 15 is 4.39 Å².